The van der Waals surface area contributed by atoms with Crippen LogP contribution in [0.15, 0.2) is 53.4 Å². The van der Waals surface area contributed by atoms with Crippen LogP contribution >= 0.6 is 0 Å². The molecule has 2 aromatic carbocycles. The predicted octanol–water partition coefficient (Wildman–Crippen LogP) is 3.48. The van der Waals surface area contributed by atoms with E-state index < -0.39 is 15.4 Å². The third-order valence-electron chi connectivity index (χ3n) is 3.45. The zero-order chi connectivity index (χ0) is 18.7. The summed E-state index contributed by atoms with van der Waals surface area (Å²) in [5.41, 5.74) is 0.454. The van der Waals surface area contributed by atoms with E-state index in [9.17, 15) is 13.2 Å². The summed E-state index contributed by atoms with van der Waals surface area (Å²) in [6.07, 6.45) is 0. The van der Waals surface area contributed by atoms with Gasteiger partial charge in [-0.15, -0.1) is 0 Å². The fourth-order valence-electron chi connectivity index (χ4n) is 1.91. The van der Waals surface area contributed by atoms with E-state index >= 15 is 0 Å². The molecule has 1 amide bonds. The monoisotopic (exact) mass is 362 g/mol. The number of carbonyl (C=O) groups is 1. The fourth-order valence-corrected chi connectivity index (χ4v) is 2.97. The van der Waals surface area contributed by atoms with Crippen LogP contribution in [0.25, 0.3) is 0 Å². The van der Waals surface area contributed by atoms with Crippen molar-refractivity contribution in [3.8, 4) is 5.75 Å². The molecular formula is C18H22N2O4S. The second-order valence-electron chi connectivity index (χ2n) is 6.56. The molecule has 0 unspecified atom stereocenters. The molecular weight excluding hydrogens is 340 g/mol. The van der Waals surface area contributed by atoms with Crippen LogP contribution in [0.2, 0.25) is 0 Å². The molecule has 0 aliphatic heterocycles. The van der Waals surface area contributed by atoms with Gasteiger partial charge in [0.25, 0.3) is 10.0 Å². The van der Waals surface area contributed by atoms with Crippen molar-refractivity contribution in [1.82, 2.24) is 0 Å². The molecule has 2 N–H and O–H groups in total. The van der Waals surface area contributed by atoms with Crippen molar-refractivity contribution in [2.24, 2.45) is 5.41 Å². The van der Waals surface area contributed by atoms with Crippen molar-refractivity contribution >= 4 is 27.3 Å². The first-order chi connectivity index (χ1) is 11.6. The van der Waals surface area contributed by atoms with E-state index in [0.717, 1.165) is 0 Å². The van der Waals surface area contributed by atoms with Gasteiger partial charge >= 0.3 is 0 Å². The fraction of sp³-hybridized carbons (Fsp3) is 0.278. The van der Waals surface area contributed by atoms with Crippen LogP contribution in [0.5, 0.6) is 5.75 Å². The minimum Gasteiger partial charge on any atom is -0.497 e. The summed E-state index contributed by atoms with van der Waals surface area (Å²) in [6, 6.07) is 12.6. The van der Waals surface area contributed by atoms with E-state index in [1.807, 2.05) is 0 Å². The molecule has 0 bridgehead atoms. The Labute approximate surface area is 148 Å². The van der Waals surface area contributed by atoms with Gasteiger partial charge in [0.1, 0.15) is 5.75 Å². The number of anilines is 2. The normalized spacial score (nSPS) is 11.7. The van der Waals surface area contributed by atoms with Gasteiger partial charge in [-0.2, -0.15) is 0 Å². The first kappa shape index (κ1) is 18.8. The number of hydrogen-bond acceptors (Lipinski definition) is 4. The highest BCUT2D eigenvalue weighted by Crippen LogP contribution is 2.22. The number of ether oxygens (including phenoxy) is 1. The van der Waals surface area contributed by atoms with Crippen molar-refractivity contribution in [2.45, 2.75) is 25.7 Å². The second-order valence-corrected chi connectivity index (χ2v) is 8.24. The minimum atomic E-state index is -3.71. The lowest BCUT2D eigenvalue weighted by Crippen LogP contribution is -2.27. The maximum atomic E-state index is 12.4. The highest BCUT2D eigenvalue weighted by atomic mass is 32.2. The van der Waals surface area contributed by atoms with Crippen molar-refractivity contribution in [2.75, 3.05) is 17.1 Å². The Hall–Kier alpha value is -2.54. The molecule has 6 nitrogen and oxygen atoms in total. The Kier molecular flexibility index (Phi) is 5.37. The van der Waals surface area contributed by atoms with Crippen LogP contribution in [0.3, 0.4) is 0 Å². The van der Waals surface area contributed by atoms with Gasteiger partial charge in [0.2, 0.25) is 5.91 Å². The average Bonchev–Trinajstić information content (AvgIpc) is 2.55. The van der Waals surface area contributed by atoms with E-state index in [-0.39, 0.29) is 10.8 Å². The van der Waals surface area contributed by atoms with Gasteiger partial charge in [0.15, 0.2) is 0 Å². The molecule has 0 aromatic heterocycles. The zero-order valence-electron chi connectivity index (χ0n) is 14.7. The van der Waals surface area contributed by atoms with Crippen molar-refractivity contribution in [1.29, 1.82) is 0 Å². The lowest BCUT2D eigenvalue weighted by Gasteiger charge is -2.17. The van der Waals surface area contributed by atoms with E-state index in [1.54, 1.807) is 64.3 Å². The Balaban J connectivity index is 2.12. The van der Waals surface area contributed by atoms with Gasteiger partial charge < -0.3 is 10.1 Å². The summed E-state index contributed by atoms with van der Waals surface area (Å²) >= 11 is 0. The molecule has 0 heterocycles. The molecule has 2 rings (SSSR count). The van der Waals surface area contributed by atoms with Crippen LogP contribution in [0.1, 0.15) is 20.8 Å². The minimum absolute atomic E-state index is 0.108. The van der Waals surface area contributed by atoms with Crippen LogP contribution in [-0.2, 0) is 14.8 Å². The quantitative estimate of drug-likeness (QED) is 0.853. The highest BCUT2D eigenvalue weighted by Gasteiger charge is 2.21. The molecule has 0 saturated carbocycles. The van der Waals surface area contributed by atoms with Crippen molar-refractivity contribution in [3.05, 3.63) is 48.5 Å². The standard InChI is InChI=1S/C18H22N2O4S/c1-18(2,3)17(21)19-13-7-11-16(12-8-13)25(22,23)20-14-5-9-15(24-4)10-6-14/h5-12,20H,1-4H3,(H,19,21). The van der Waals surface area contributed by atoms with E-state index in [0.29, 0.717) is 17.1 Å². The Morgan fingerprint density at radius 2 is 1.44 bits per heavy atom. The summed E-state index contributed by atoms with van der Waals surface area (Å²) in [5.74, 6) is 0.501. The van der Waals surface area contributed by atoms with Gasteiger partial charge in [-0.05, 0) is 48.5 Å². The molecule has 0 fully saturated rings. The van der Waals surface area contributed by atoms with Gasteiger partial charge in [0.05, 0.1) is 12.0 Å². The SMILES string of the molecule is COc1ccc(NS(=O)(=O)c2ccc(NC(=O)C(C)(C)C)cc2)cc1. The number of amides is 1. The Morgan fingerprint density at radius 3 is 1.92 bits per heavy atom. The summed E-state index contributed by atoms with van der Waals surface area (Å²) in [4.78, 5) is 12.1. The average molecular weight is 362 g/mol. The van der Waals surface area contributed by atoms with Crippen LogP contribution in [0, 0.1) is 5.41 Å². The number of hydrogen-bond donors (Lipinski definition) is 2. The molecule has 134 valence electrons. The third-order valence-corrected chi connectivity index (χ3v) is 4.84. The Bertz CT molecular complexity index is 836. The number of rotatable bonds is 5. The highest BCUT2D eigenvalue weighted by molar-refractivity contribution is 7.92. The van der Waals surface area contributed by atoms with E-state index in [4.69, 9.17) is 4.74 Å². The van der Waals surface area contributed by atoms with Gasteiger partial charge in [0, 0.05) is 16.8 Å². The molecule has 0 spiro atoms. The van der Waals surface area contributed by atoms with Gasteiger partial charge in [-0.1, -0.05) is 20.8 Å². The van der Waals surface area contributed by atoms with Crippen LogP contribution in [-0.4, -0.2) is 21.4 Å². The largest absolute Gasteiger partial charge is 0.497 e. The number of sulfonamides is 1. The zero-order valence-corrected chi connectivity index (χ0v) is 15.5. The van der Waals surface area contributed by atoms with Gasteiger partial charge in [-0.25, -0.2) is 8.42 Å². The predicted molar refractivity (Wildman–Crippen MR) is 98.3 cm³/mol. The molecule has 0 saturated heterocycles. The summed E-state index contributed by atoms with van der Waals surface area (Å²) in [7, 11) is -2.17. The van der Waals surface area contributed by atoms with E-state index in [1.165, 1.54) is 12.1 Å². The topological polar surface area (TPSA) is 84.5 Å². The lowest BCUT2D eigenvalue weighted by molar-refractivity contribution is -0.123. The van der Waals surface area contributed by atoms with Gasteiger partial charge in [-0.3, -0.25) is 9.52 Å². The number of carbonyl (C=O) groups excluding carboxylic acids is 1. The maximum Gasteiger partial charge on any atom is 0.261 e. The molecule has 25 heavy (non-hydrogen) atoms. The van der Waals surface area contributed by atoms with Crippen LogP contribution < -0.4 is 14.8 Å². The summed E-state index contributed by atoms with van der Waals surface area (Å²) in [5, 5.41) is 2.75. The van der Waals surface area contributed by atoms with Crippen molar-refractivity contribution < 1.29 is 17.9 Å². The maximum absolute atomic E-state index is 12.4. The molecule has 0 aliphatic carbocycles. The summed E-state index contributed by atoms with van der Waals surface area (Å²) < 4.78 is 32.4. The molecule has 0 aliphatic rings. The van der Waals surface area contributed by atoms with Crippen LogP contribution in [0.4, 0.5) is 11.4 Å². The second kappa shape index (κ2) is 7.14. The van der Waals surface area contributed by atoms with E-state index in [2.05, 4.69) is 10.0 Å². The van der Waals surface area contributed by atoms with Crippen molar-refractivity contribution in [3.63, 3.8) is 0 Å². The smallest absolute Gasteiger partial charge is 0.261 e. The molecule has 2 aromatic rings. The Morgan fingerprint density at radius 1 is 0.920 bits per heavy atom. The molecule has 0 atom stereocenters. The number of nitrogens with one attached hydrogen (secondary N) is 2. The first-order valence-electron chi connectivity index (χ1n) is 7.70. The summed E-state index contributed by atoms with van der Waals surface area (Å²) in [6.45, 7) is 5.42. The first-order valence-corrected chi connectivity index (χ1v) is 9.18. The number of methoxy groups -OCH3 is 1. The molecule has 7 heteroatoms. The third kappa shape index (κ3) is 4.96. The molecule has 0 radical (unpaired) electrons. The lowest BCUT2D eigenvalue weighted by atomic mass is 9.95. The number of benzene rings is 2.